The summed E-state index contributed by atoms with van der Waals surface area (Å²) in [5.74, 6) is 1.47. The van der Waals surface area contributed by atoms with Crippen LogP contribution in [-0.2, 0) is 20.1 Å². The Morgan fingerprint density at radius 1 is 0.857 bits per heavy atom. The first-order valence-electron chi connectivity index (χ1n) is 4.08. The molecule has 0 aromatic heterocycles. The standard InChI is InChI=1S/C10H15.CH3.O.S.W/c1-6-7(2)9(4)10(5)8(6)3;;;;/h1-5H3;1H3;;;/q;-1;;;. The normalized spacial score (nSPS) is 16.1. The molecule has 14 heavy (non-hydrogen) atoms. The van der Waals surface area contributed by atoms with Crippen LogP contribution in [0.15, 0.2) is 22.3 Å². The summed E-state index contributed by atoms with van der Waals surface area (Å²) in [5.41, 5.74) is 5.87. The van der Waals surface area contributed by atoms with Crippen LogP contribution in [0.25, 0.3) is 0 Å². The van der Waals surface area contributed by atoms with Gasteiger partial charge in [-0.15, -0.1) is 0 Å². The zero-order valence-electron chi connectivity index (χ0n) is 9.72. The molecular weight excluding hydrogens is 364 g/mol. The van der Waals surface area contributed by atoms with Crippen LogP contribution in [0.1, 0.15) is 34.6 Å². The van der Waals surface area contributed by atoms with E-state index in [2.05, 4.69) is 44.4 Å². The van der Waals surface area contributed by atoms with Crippen LogP contribution < -0.4 is 0 Å². The van der Waals surface area contributed by atoms with Gasteiger partial charge in [-0.05, 0) is 38.8 Å². The summed E-state index contributed by atoms with van der Waals surface area (Å²) in [4.78, 5) is 0. The molecule has 0 bridgehead atoms. The fraction of sp³-hybridized carbons (Fsp3) is 0.455. The second kappa shape index (κ2) is 7.48. The number of hydrogen-bond donors (Lipinski definition) is 0. The van der Waals surface area contributed by atoms with E-state index < -0.39 is 16.7 Å². The minimum absolute atomic E-state index is 0. The molecule has 0 aromatic carbocycles. The summed E-state index contributed by atoms with van der Waals surface area (Å²) in [6.07, 6.45) is 0. The molecule has 0 saturated heterocycles. The van der Waals surface area contributed by atoms with Gasteiger partial charge >= 0.3 is 29.9 Å². The first-order chi connectivity index (χ1) is 5.97. The zero-order chi connectivity index (χ0) is 10.6. The molecule has 1 rings (SSSR count). The van der Waals surface area contributed by atoms with Gasteiger partial charge in [0.25, 0.3) is 0 Å². The maximum atomic E-state index is 8.91. The Kier molecular flexibility index (Phi) is 8.87. The molecule has 0 saturated carbocycles. The second-order valence-electron chi connectivity index (χ2n) is 3.19. The first-order valence-corrected chi connectivity index (χ1v) is 9.21. The molecule has 0 aliphatic heterocycles. The topological polar surface area (TPSA) is 17.1 Å². The van der Waals surface area contributed by atoms with Crippen molar-refractivity contribution in [3.63, 3.8) is 0 Å². The molecular formula is C11H18OSW-. The average molecular weight is 382 g/mol. The molecule has 81 valence electrons. The van der Waals surface area contributed by atoms with E-state index >= 15 is 0 Å². The summed E-state index contributed by atoms with van der Waals surface area (Å²) in [6.45, 7) is 11.0. The van der Waals surface area contributed by atoms with Gasteiger partial charge in [0, 0.05) is 5.92 Å². The van der Waals surface area contributed by atoms with Gasteiger partial charge in [-0.2, -0.15) is 0 Å². The van der Waals surface area contributed by atoms with Crippen LogP contribution in [0, 0.1) is 13.3 Å². The molecule has 0 unspecified atom stereocenters. The van der Waals surface area contributed by atoms with Crippen molar-refractivity contribution in [2.24, 2.45) is 0 Å². The Morgan fingerprint density at radius 3 is 1.14 bits per heavy atom. The Hall–Kier alpha value is 0.188. The molecule has 1 aliphatic rings. The van der Waals surface area contributed by atoms with Crippen LogP contribution in [0.4, 0.5) is 0 Å². The third-order valence-corrected chi connectivity index (χ3v) is 2.81. The molecule has 0 N–H and O–H groups in total. The molecule has 0 fully saturated rings. The van der Waals surface area contributed by atoms with Crippen molar-refractivity contribution in [1.29, 1.82) is 0 Å². The van der Waals surface area contributed by atoms with Crippen molar-refractivity contribution in [2.45, 2.75) is 34.6 Å². The van der Waals surface area contributed by atoms with Crippen molar-refractivity contribution in [1.82, 2.24) is 0 Å². The molecule has 1 aliphatic carbocycles. The Labute approximate surface area is 100.0 Å². The van der Waals surface area contributed by atoms with E-state index in [9.17, 15) is 0 Å². The molecule has 0 aromatic rings. The van der Waals surface area contributed by atoms with Crippen LogP contribution in [0.2, 0.25) is 0 Å². The number of hydrogen-bond acceptors (Lipinski definition) is 2. The van der Waals surface area contributed by atoms with Gasteiger partial charge in [0.15, 0.2) is 0 Å². The van der Waals surface area contributed by atoms with Crippen molar-refractivity contribution in [2.75, 3.05) is 0 Å². The van der Waals surface area contributed by atoms with Crippen molar-refractivity contribution >= 4 is 9.82 Å². The predicted octanol–water partition coefficient (Wildman–Crippen LogP) is 4.24. The van der Waals surface area contributed by atoms with Crippen LogP contribution in [0.5, 0.6) is 0 Å². The van der Waals surface area contributed by atoms with Crippen molar-refractivity contribution in [3.05, 3.63) is 35.6 Å². The molecule has 3 heteroatoms. The maximum absolute atomic E-state index is 8.91. The fourth-order valence-electron chi connectivity index (χ4n) is 1.41. The van der Waals surface area contributed by atoms with E-state index in [1.54, 1.807) is 0 Å². The Morgan fingerprint density at radius 2 is 1.07 bits per heavy atom. The number of allylic oxidation sites excluding steroid dienone is 4. The zero-order valence-corrected chi connectivity index (χ0v) is 13.5. The van der Waals surface area contributed by atoms with Gasteiger partial charge in [-0.3, -0.25) is 0 Å². The Bertz CT molecular complexity index is 272. The Balaban J connectivity index is 0. The van der Waals surface area contributed by atoms with E-state index in [0.717, 1.165) is 0 Å². The molecule has 1 nitrogen and oxygen atoms in total. The van der Waals surface area contributed by atoms with E-state index in [1.807, 2.05) is 0 Å². The quantitative estimate of drug-likeness (QED) is 0.583. The summed E-state index contributed by atoms with van der Waals surface area (Å²) in [7, 11) is 4.00. The third kappa shape index (κ3) is 3.74. The second-order valence-corrected chi connectivity index (χ2v) is 4.80. The van der Waals surface area contributed by atoms with Crippen molar-refractivity contribution < 1.29 is 20.1 Å². The molecule has 0 atom stereocenters. The summed E-state index contributed by atoms with van der Waals surface area (Å²) < 4.78 is 8.91. The van der Waals surface area contributed by atoms with Crippen LogP contribution in [0.3, 0.4) is 0 Å². The SMILES string of the molecule is C[C]1C(C)=C(C)C(C)=C1C.[CH3-].[O]=[W]=[S]. The average Bonchev–Trinajstić information content (AvgIpc) is 2.25. The monoisotopic (exact) mass is 382 g/mol. The van der Waals surface area contributed by atoms with Crippen molar-refractivity contribution in [3.8, 4) is 0 Å². The van der Waals surface area contributed by atoms with E-state index in [1.165, 1.54) is 28.2 Å². The molecule has 0 heterocycles. The van der Waals surface area contributed by atoms with Gasteiger partial charge in [-0.25, -0.2) is 0 Å². The van der Waals surface area contributed by atoms with Gasteiger partial charge in [0.05, 0.1) is 0 Å². The van der Waals surface area contributed by atoms with E-state index in [0.29, 0.717) is 0 Å². The molecule has 1 radical (unpaired) electrons. The van der Waals surface area contributed by atoms with Crippen LogP contribution >= 0.6 is 9.82 Å². The summed E-state index contributed by atoms with van der Waals surface area (Å²) in [5, 5.41) is 0. The first kappa shape index (κ1) is 16.6. The van der Waals surface area contributed by atoms with Gasteiger partial charge in [-0.1, -0.05) is 18.1 Å². The fourth-order valence-corrected chi connectivity index (χ4v) is 1.41. The summed E-state index contributed by atoms with van der Waals surface area (Å²) in [6, 6.07) is 0. The third-order valence-electron chi connectivity index (χ3n) is 2.81. The van der Waals surface area contributed by atoms with E-state index in [4.69, 9.17) is 3.40 Å². The minimum atomic E-state index is -1.42. The van der Waals surface area contributed by atoms with E-state index in [-0.39, 0.29) is 7.43 Å². The van der Waals surface area contributed by atoms with Gasteiger partial charge in [0.2, 0.25) is 0 Å². The predicted molar refractivity (Wildman–Crippen MR) is 60.4 cm³/mol. The van der Waals surface area contributed by atoms with Crippen LogP contribution in [-0.4, -0.2) is 0 Å². The molecule has 0 spiro atoms. The number of rotatable bonds is 0. The summed E-state index contributed by atoms with van der Waals surface area (Å²) >= 11 is -1.42. The molecule has 0 amide bonds. The van der Waals surface area contributed by atoms with Gasteiger partial charge < -0.3 is 7.43 Å². The van der Waals surface area contributed by atoms with Gasteiger partial charge in [0.1, 0.15) is 0 Å².